The van der Waals surface area contributed by atoms with Gasteiger partial charge in [0.25, 0.3) is 0 Å². The molecule has 2 aromatic rings. The molecular weight excluding hydrogens is 229 g/mol. The van der Waals surface area contributed by atoms with Crippen molar-refractivity contribution in [3.8, 4) is 0 Å². The second-order valence-corrected chi connectivity index (χ2v) is 5.57. The van der Waals surface area contributed by atoms with Crippen LogP contribution in [0.15, 0.2) is 18.2 Å². The maximum Gasteiger partial charge on any atom is 0.131 e. The summed E-state index contributed by atoms with van der Waals surface area (Å²) in [6, 6.07) is 5.92. The molecule has 0 amide bonds. The molecule has 0 fully saturated rings. The summed E-state index contributed by atoms with van der Waals surface area (Å²) in [6.45, 7) is 6.79. The van der Waals surface area contributed by atoms with E-state index in [1.165, 1.54) is 0 Å². The van der Waals surface area contributed by atoms with Crippen LogP contribution in [0.5, 0.6) is 0 Å². The molecule has 0 aliphatic heterocycles. The Morgan fingerprint density at radius 3 is 2.78 bits per heavy atom. The van der Waals surface area contributed by atoms with Gasteiger partial charge in [0.2, 0.25) is 0 Å². The fraction of sp³-hybridized carbons (Fsp3) is 0.500. The molecule has 1 heterocycles. The Kier molecular flexibility index (Phi) is 3.66. The largest absolute Gasteiger partial charge is 0.312 e. The summed E-state index contributed by atoms with van der Waals surface area (Å²) >= 11 is 0. The molecule has 0 unspecified atom stereocenters. The molecule has 0 saturated carbocycles. The van der Waals surface area contributed by atoms with Gasteiger partial charge in [-0.25, -0.2) is 4.39 Å². The lowest BCUT2D eigenvalue weighted by molar-refractivity contribution is 0.429. The van der Waals surface area contributed by atoms with Gasteiger partial charge >= 0.3 is 0 Å². The number of hydrogen-bond donors (Lipinski definition) is 2. The number of hydrogen-bond acceptors (Lipinski definition) is 2. The average molecular weight is 249 g/mol. The lowest BCUT2D eigenvalue weighted by atomic mass is 10.0. The van der Waals surface area contributed by atoms with E-state index in [0.717, 1.165) is 29.4 Å². The van der Waals surface area contributed by atoms with Crippen LogP contribution in [0.2, 0.25) is 0 Å². The third kappa shape index (κ3) is 2.88. The number of nitrogens with zero attached hydrogens (tertiary/aromatic N) is 1. The summed E-state index contributed by atoms with van der Waals surface area (Å²) in [5, 5.41) is 11.3. The predicted molar refractivity (Wildman–Crippen MR) is 72.4 cm³/mol. The van der Waals surface area contributed by atoms with Crippen molar-refractivity contribution in [2.24, 2.45) is 0 Å². The van der Waals surface area contributed by atoms with Crippen molar-refractivity contribution in [2.45, 2.75) is 39.4 Å². The number of halogens is 1. The molecule has 1 aromatic heterocycles. The summed E-state index contributed by atoms with van der Waals surface area (Å²) in [4.78, 5) is 0. The van der Waals surface area contributed by atoms with Crippen LogP contribution in [0.1, 0.15) is 32.0 Å². The summed E-state index contributed by atoms with van der Waals surface area (Å²) < 4.78 is 12.9. The standard InChI is InChI=1S/C14H20FN3/c1-14(2,3)16-8-7-10-5-4-6-11-13(10)12(9-15)18-17-11/h4-6,16H,7-9H2,1-3H3,(H,17,18). The molecule has 0 aliphatic carbocycles. The highest BCUT2D eigenvalue weighted by Crippen LogP contribution is 2.21. The van der Waals surface area contributed by atoms with E-state index in [9.17, 15) is 4.39 Å². The minimum absolute atomic E-state index is 0.104. The van der Waals surface area contributed by atoms with E-state index in [-0.39, 0.29) is 5.54 Å². The first-order valence-corrected chi connectivity index (χ1v) is 6.27. The van der Waals surface area contributed by atoms with Gasteiger partial charge in [-0.2, -0.15) is 5.10 Å². The molecule has 0 spiro atoms. The van der Waals surface area contributed by atoms with Gasteiger partial charge in [0.15, 0.2) is 0 Å². The summed E-state index contributed by atoms with van der Waals surface area (Å²) in [5.41, 5.74) is 2.67. The van der Waals surface area contributed by atoms with Gasteiger partial charge in [-0.15, -0.1) is 0 Å². The van der Waals surface area contributed by atoms with E-state index in [1.54, 1.807) is 0 Å². The second-order valence-electron chi connectivity index (χ2n) is 5.57. The van der Waals surface area contributed by atoms with E-state index < -0.39 is 6.67 Å². The minimum Gasteiger partial charge on any atom is -0.312 e. The number of alkyl halides is 1. The van der Waals surface area contributed by atoms with Crippen LogP contribution in [0.25, 0.3) is 10.9 Å². The fourth-order valence-electron chi connectivity index (χ4n) is 2.09. The number of nitrogens with one attached hydrogen (secondary N) is 2. The van der Waals surface area contributed by atoms with Gasteiger partial charge in [0, 0.05) is 10.9 Å². The second kappa shape index (κ2) is 5.06. The van der Waals surface area contributed by atoms with Gasteiger partial charge in [-0.3, -0.25) is 5.10 Å². The molecule has 2 N–H and O–H groups in total. The molecule has 1 aromatic carbocycles. The molecule has 0 radical (unpaired) electrons. The molecule has 0 atom stereocenters. The van der Waals surface area contributed by atoms with Crippen LogP contribution in [-0.2, 0) is 13.1 Å². The molecule has 3 nitrogen and oxygen atoms in total. The number of aromatic amines is 1. The monoisotopic (exact) mass is 249 g/mol. The summed E-state index contributed by atoms with van der Waals surface area (Å²) in [5.74, 6) is 0. The van der Waals surface area contributed by atoms with Crippen molar-refractivity contribution in [3.63, 3.8) is 0 Å². The Balaban J connectivity index is 2.19. The average Bonchev–Trinajstić information content (AvgIpc) is 2.71. The molecule has 0 saturated heterocycles. The highest BCUT2D eigenvalue weighted by atomic mass is 19.1. The van der Waals surface area contributed by atoms with Crippen molar-refractivity contribution >= 4 is 10.9 Å². The van der Waals surface area contributed by atoms with Crippen molar-refractivity contribution in [1.29, 1.82) is 0 Å². The molecule has 18 heavy (non-hydrogen) atoms. The van der Waals surface area contributed by atoms with E-state index >= 15 is 0 Å². The van der Waals surface area contributed by atoms with Gasteiger partial charge in [-0.1, -0.05) is 12.1 Å². The predicted octanol–water partition coefficient (Wildman–Crippen LogP) is 2.96. The molecular formula is C14H20FN3. The summed E-state index contributed by atoms with van der Waals surface area (Å²) in [6.07, 6.45) is 0.876. The lowest BCUT2D eigenvalue weighted by Crippen LogP contribution is -2.37. The van der Waals surface area contributed by atoms with Gasteiger partial charge in [-0.05, 0) is 45.4 Å². The minimum atomic E-state index is -0.500. The van der Waals surface area contributed by atoms with Gasteiger partial charge < -0.3 is 5.32 Å². The Labute approximate surface area is 107 Å². The SMILES string of the molecule is CC(C)(C)NCCc1cccc2n[nH]c(CF)c12. The van der Waals surface area contributed by atoms with Gasteiger partial charge in [0.05, 0.1) is 11.2 Å². The Bertz CT molecular complexity index is 525. The first kappa shape index (κ1) is 13.0. The maximum absolute atomic E-state index is 12.9. The van der Waals surface area contributed by atoms with E-state index in [4.69, 9.17) is 0 Å². The molecule has 0 aliphatic rings. The van der Waals surface area contributed by atoms with Crippen LogP contribution in [0.4, 0.5) is 4.39 Å². The Morgan fingerprint density at radius 2 is 2.11 bits per heavy atom. The normalized spacial score (nSPS) is 12.2. The molecule has 98 valence electrons. The quantitative estimate of drug-likeness (QED) is 0.874. The first-order chi connectivity index (χ1) is 8.51. The summed E-state index contributed by atoms with van der Waals surface area (Å²) in [7, 11) is 0. The topological polar surface area (TPSA) is 40.7 Å². The number of aromatic nitrogens is 2. The van der Waals surface area contributed by atoms with Crippen molar-refractivity contribution in [3.05, 3.63) is 29.5 Å². The van der Waals surface area contributed by atoms with Crippen LogP contribution in [0, 0.1) is 0 Å². The van der Waals surface area contributed by atoms with Crippen LogP contribution in [0.3, 0.4) is 0 Å². The Hall–Kier alpha value is -1.42. The number of H-pyrrole nitrogens is 1. The van der Waals surface area contributed by atoms with Gasteiger partial charge in [0.1, 0.15) is 6.67 Å². The van der Waals surface area contributed by atoms with E-state index in [0.29, 0.717) is 5.69 Å². The van der Waals surface area contributed by atoms with E-state index in [1.807, 2.05) is 18.2 Å². The first-order valence-electron chi connectivity index (χ1n) is 6.27. The lowest BCUT2D eigenvalue weighted by Gasteiger charge is -2.20. The van der Waals surface area contributed by atoms with Crippen LogP contribution in [-0.4, -0.2) is 22.3 Å². The molecule has 2 rings (SSSR count). The van der Waals surface area contributed by atoms with Crippen molar-refractivity contribution < 1.29 is 4.39 Å². The smallest absolute Gasteiger partial charge is 0.131 e. The third-order valence-corrected chi connectivity index (χ3v) is 2.93. The zero-order valence-corrected chi connectivity index (χ0v) is 11.2. The zero-order valence-electron chi connectivity index (χ0n) is 11.2. The van der Waals surface area contributed by atoms with Crippen molar-refractivity contribution in [1.82, 2.24) is 15.5 Å². The number of rotatable bonds is 4. The molecule has 4 heteroatoms. The molecule has 0 bridgehead atoms. The highest BCUT2D eigenvalue weighted by molar-refractivity contribution is 5.84. The van der Waals surface area contributed by atoms with E-state index in [2.05, 4.69) is 36.3 Å². The fourth-order valence-corrected chi connectivity index (χ4v) is 2.09. The highest BCUT2D eigenvalue weighted by Gasteiger charge is 2.11. The van der Waals surface area contributed by atoms with Crippen LogP contribution < -0.4 is 5.32 Å². The van der Waals surface area contributed by atoms with Crippen molar-refractivity contribution in [2.75, 3.05) is 6.54 Å². The maximum atomic E-state index is 12.9. The van der Waals surface area contributed by atoms with Crippen LogP contribution >= 0.6 is 0 Å². The third-order valence-electron chi connectivity index (χ3n) is 2.93. The zero-order chi connectivity index (χ0) is 13.2. The number of benzene rings is 1. The Morgan fingerprint density at radius 1 is 1.33 bits per heavy atom. The number of fused-ring (bicyclic) bond motifs is 1.